The number of esters is 1. The van der Waals surface area contributed by atoms with Gasteiger partial charge in [-0.2, -0.15) is 0 Å². The minimum absolute atomic E-state index is 0.248. The molecule has 0 aliphatic heterocycles. The Labute approximate surface area is 171 Å². The molecule has 9 nitrogen and oxygen atoms in total. The SMILES string of the molecule is COC(=O)CNC(=O)c1cccc(NC(=O)c2ccc(-n3c(C)c[nH]c3=O)cc2)c1. The number of methoxy groups -OCH3 is 1. The van der Waals surface area contributed by atoms with Gasteiger partial charge in [-0.3, -0.25) is 19.0 Å². The number of aryl methyl sites for hydroxylation is 1. The van der Waals surface area contributed by atoms with Crippen LogP contribution in [0.25, 0.3) is 5.69 Å². The van der Waals surface area contributed by atoms with Crippen LogP contribution in [-0.4, -0.2) is 41.0 Å². The summed E-state index contributed by atoms with van der Waals surface area (Å²) in [6.07, 6.45) is 1.61. The molecule has 3 rings (SSSR count). The highest BCUT2D eigenvalue weighted by Crippen LogP contribution is 2.14. The van der Waals surface area contributed by atoms with E-state index in [1.165, 1.54) is 17.7 Å². The van der Waals surface area contributed by atoms with Crippen LogP contribution in [0.5, 0.6) is 0 Å². The number of nitrogens with zero attached hydrogens (tertiary/aromatic N) is 1. The first kappa shape index (κ1) is 20.6. The van der Waals surface area contributed by atoms with Crippen molar-refractivity contribution < 1.29 is 19.1 Å². The fraction of sp³-hybridized carbons (Fsp3) is 0.143. The Bertz CT molecular complexity index is 1140. The summed E-state index contributed by atoms with van der Waals surface area (Å²) in [5.74, 6) is -1.40. The van der Waals surface area contributed by atoms with Crippen LogP contribution in [0.2, 0.25) is 0 Å². The molecular weight excluding hydrogens is 388 g/mol. The Morgan fingerprint density at radius 2 is 1.77 bits per heavy atom. The lowest BCUT2D eigenvalue weighted by Crippen LogP contribution is -2.30. The fourth-order valence-electron chi connectivity index (χ4n) is 2.81. The highest BCUT2D eigenvalue weighted by atomic mass is 16.5. The summed E-state index contributed by atoms with van der Waals surface area (Å²) in [6.45, 7) is 1.55. The number of nitrogens with one attached hydrogen (secondary N) is 3. The number of carbonyl (C=O) groups is 3. The average molecular weight is 408 g/mol. The second-order valence-corrected chi connectivity index (χ2v) is 6.41. The van der Waals surface area contributed by atoms with E-state index in [4.69, 9.17) is 0 Å². The van der Waals surface area contributed by atoms with Crippen LogP contribution < -0.4 is 16.3 Å². The highest BCUT2D eigenvalue weighted by molar-refractivity contribution is 6.05. The molecule has 0 bridgehead atoms. The largest absolute Gasteiger partial charge is 0.468 e. The number of aromatic amines is 1. The normalized spacial score (nSPS) is 10.3. The lowest BCUT2D eigenvalue weighted by Gasteiger charge is -2.09. The number of anilines is 1. The van der Waals surface area contributed by atoms with Gasteiger partial charge in [0, 0.05) is 28.7 Å². The average Bonchev–Trinajstić information content (AvgIpc) is 3.10. The number of benzene rings is 2. The van der Waals surface area contributed by atoms with E-state index in [0.29, 0.717) is 16.9 Å². The number of H-pyrrole nitrogens is 1. The molecule has 0 aliphatic carbocycles. The molecule has 0 fully saturated rings. The zero-order valence-electron chi connectivity index (χ0n) is 16.4. The number of hydrogen-bond donors (Lipinski definition) is 3. The van der Waals surface area contributed by atoms with E-state index in [0.717, 1.165) is 5.69 Å². The summed E-state index contributed by atoms with van der Waals surface area (Å²) in [7, 11) is 1.23. The van der Waals surface area contributed by atoms with Crippen LogP contribution in [-0.2, 0) is 9.53 Å². The summed E-state index contributed by atoms with van der Waals surface area (Å²) in [5, 5.41) is 5.16. The molecule has 2 aromatic carbocycles. The van der Waals surface area contributed by atoms with Crippen LogP contribution in [0, 0.1) is 6.92 Å². The summed E-state index contributed by atoms with van der Waals surface area (Å²) < 4.78 is 5.97. The zero-order valence-corrected chi connectivity index (χ0v) is 16.4. The minimum Gasteiger partial charge on any atom is -0.468 e. The number of ether oxygens (including phenoxy) is 1. The standard InChI is InChI=1S/C21H20N4O5/c1-13-11-23-21(29)25(13)17-8-6-14(7-9-17)20(28)24-16-5-3-4-15(10-16)19(27)22-12-18(26)30-2/h3-11H,12H2,1-2H3,(H,22,27)(H,23,29)(H,24,28). The van der Waals surface area contributed by atoms with E-state index in [9.17, 15) is 19.2 Å². The number of amides is 2. The Morgan fingerprint density at radius 3 is 2.40 bits per heavy atom. The third-order valence-corrected chi connectivity index (χ3v) is 4.35. The van der Waals surface area contributed by atoms with Crippen molar-refractivity contribution in [3.63, 3.8) is 0 Å². The van der Waals surface area contributed by atoms with Crippen molar-refractivity contribution >= 4 is 23.5 Å². The second-order valence-electron chi connectivity index (χ2n) is 6.41. The summed E-state index contributed by atoms with van der Waals surface area (Å²) in [4.78, 5) is 50.3. The van der Waals surface area contributed by atoms with E-state index in [1.54, 1.807) is 55.6 Å². The molecular formula is C21H20N4O5. The van der Waals surface area contributed by atoms with Crippen molar-refractivity contribution in [2.75, 3.05) is 19.0 Å². The lowest BCUT2D eigenvalue weighted by atomic mass is 10.1. The molecule has 30 heavy (non-hydrogen) atoms. The molecule has 0 saturated heterocycles. The van der Waals surface area contributed by atoms with E-state index in [2.05, 4.69) is 20.4 Å². The smallest absolute Gasteiger partial charge is 0.330 e. The molecule has 0 spiro atoms. The van der Waals surface area contributed by atoms with Crippen molar-refractivity contribution in [1.82, 2.24) is 14.9 Å². The van der Waals surface area contributed by atoms with Gasteiger partial charge in [-0.25, -0.2) is 4.79 Å². The topological polar surface area (TPSA) is 122 Å². The van der Waals surface area contributed by atoms with Crippen LogP contribution in [0.15, 0.2) is 59.5 Å². The van der Waals surface area contributed by atoms with Crippen LogP contribution in [0.4, 0.5) is 5.69 Å². The predicted octanol–water partition coefficient (Wildman–Crippen LogP) is 1.63. The van der Waals surface area contributed by atoms with Crippen molar-refractivity contribution in [1.29, 1.82) is 0 Å². The Kier molecular flexibility index (Phi) is 6.11. The van der Waals surface area contributed by atoms with Crippen LogP contribution in [0.1, 0.15) is 26.4 Å². The van der Waals surface area contributed by atoms with Crippen LogP contribution in [0.3, 0.4) is 0 Å². The Hall–Kier alpha value is -4.14. The van der Waals surface area contributed by atoms with E-state index in [1.807, 2.05) is 0 Å². The molecule has 0 atom stereocenters. The molecule has 154 valence electrons. The fourth-order valence-corrected chi connectivity index (χ4v) is 2.81. The summed E-state index contributed by atoms with van der Waals surface area (Å²) in [5.41, 5.74) is 2.23. The molecule has 0 saturated carbocycles. The van der Waals surface area contributed by atoms with Gasteiger partial charge in [-0.1, -0.05) is 6.07 Å². The Morgan fingerprint density at radius 1 is 1.03 bits per heavy atom. The molecule has 0 unspecified atom stereocenters. The minimum atomic E-state index is -0.562. The van der Waals surface area contributed by atoms with Gasteiger partial charge in [-0.15, -0.1) is 0 Å². The third kappa shape index (κ3) is 4.64. The first-order valence-electron chi connectivity index (χ1n) is 9.03. The zero-order chi connectivity index (χ0) is 21.7. The number of imidazole rings is 1. The number of aromatic nitrogens is 2. The number of carbonyl (C=O) groups excluding carboxylic acids is 3. The molecule has 1 aromatic heterocycles. The van der Waals surface area contributed by atoms with Gasteiger partial charge < -0.3 is 20.4 Å². The van der Waals surface area contributed by atoms with Crippen molar-refractivity contribution in [3.8, 4) is 5.69 Å². The molecule has 2 amide bonds. The quantitative estimate of drug-likeness (QED) is 0.535. The van der Waals surface area contributed by atoms with Crippen molar-refractivity contribution in [2.24, 2.45) is 0 Å². The molecule has 9 heteroatoms. The number of rotatable bonds is 6. The molecule has 1 heterocycles. The van der Waals surface area contributed by atoms with E-state index >= 15 is 0 Å². The Balaban J connectivity index is 1.69. The van der Waals surface area contributed by atoms with Crippen LogP contribution >= 0.6 is 0 Å². The maximum atomic E-state index is 12.5. The number of hydrogen-bond acceptors (Lipinski definition) is 5. The van der Waals surface area contributed by atoms with E-state index < -0.39 is 11.9 Å². The van der Waals surface area contributed by atoms with Gasteiger partial charge in [0.05, 0.1) is 12.8 Å². The van der Waals surface area contributed by atoms with E-state index in [-0.39, 0.29) is 23.7 Å². The molecule has 3 aromatic rings. The third-order valence-electron chi connectivity index (χ3n) is 4.35. The summed E-state index contributed by atoms with van der Waals surface area (Å²) in [6, 6.07) is 12.9. The maximum Gasteiger partial charge on any atom is 0.330 e. The summed E-state index contributed by atoms with van der Waals surface area (Å²) >= 11 is 0. The highest BCUT2D eigenvalue weighted by Gasteiger charge is 2.12. The first-order chi connectivity index (χ1) is 14.4. The lowest BCUT2D eigenvalue weighted by molar-refractivity contribution is -0.139. The van der Waals surface area contributed by atoms with Gasteiger partial charge in [0.1, 0.15) is 6.54 Å². The van der Waals surface area contributed by atoms with Crippen molar-refractivity contribution in [3.05, 3.63) is 82.0 Å². The predicted molar refractivity (Wildman–Crippen MR) is 110 cm³/mol. The monoisotopic (exact) mass is 408 g/mol. The van der Waals surface area contributed by atoms with Gasteiger partial charge in [0.2, 0.25) is 0 Å². The maximum absolute atomic E-state index is 12.5. The van der Waals surface area contributed by atoms with Gasteiger partial charge in [0.25, 0.3) is 11.8 Å². The second kappa shape index (κ2) is 8.91. The van der Waals surface area contributed by atoms with Crippen molar-refractivity contribution in [2.45, 2.75) is 6.92 Å². The molecule has 0 aliphatic rings. The first-order valence-corrected chi connectivity index (χ1v) is 9.03. The van der Waals surface area contributed by atoms with Gasteiger partial charge >= 0.3 is 11.7 Å². The molecule has 0 radical (unpaired) electrons. The van der Waals surface area contributed by atoms with Gasteiger partial charge in [-0.05, 0) is 49.4 Å². The van der Waals surface area contributed by atoms with Gasteiger partial charge in [0.15, 0.2) is 0 Å². The molecule has 3 N–H and O–H groups in total.